The lowest BCUT2D eigenvalue weighted by Gasteiger charge is -2.37. The lowest BCUT2D eigenvalue weighted by Crippen LogP contribution is -2.45. The van der Waals surface area contributed by atoms with E-state index in [2.05, 4.69) is 55.5 Å². The number of carbonyl (C=O) groups is 1. The van der Waals surface area contributed by atoms with E-state index in [0.29, 0.717) is 64.6 Å². The van der Waals surface area contributed by atoms with Crippen molar-refractivity contribution in [2.45, 2.75) is 93.5 Å². The largest absolute Gasteiger partial charge is 0.479 e. The first kappa shape index (κ1) is 41.1. The van der Waals surface area contributed by atoms with E-state index < -0.39 is 27.7 Å². The van der Waals surface area contributed by atoms with Gasteiger partial charge in [0.1, 0.15) is 13.5 Å². The molecule has 4 aromatic rings. The van der Waals surface area contributed by atoms with E-state index >= 15 is 0 Å². The maximum absolute atomic E-state index is 12.6. The zero-order valence-corrected chi connectivity index (χ0v) is 35.6. The second-order valence-corrected chi connectivity index (χ2v) is 28.4. The summed E-state index contributed by atoms with van der Waals surface area (Å²) in [5.41, 5.74) is 3.12. The molecular formula is C38H58N6O6SSi2. The van der Waals surface area contributed by atoms with Crippen LogP contribution in [0.4, 0.5) is 5.82 Å². The summed E-state index contributed by atoms with van der Waals surface area (Å²) in [7, 11) is -1.03. The molecule has 1 aliphatic rings. The summed E-state index contributed by atoms with van der Waals surface area (Å²) >= 11 is 1.63. The molecular weight excluding hydrogens is 725 g/mol. The van der Waals surface area contributed by atoms with Gasteiger partial charge in [0.2, 0.25) is 0 Å². The van der Waals surface area contributed by atoms with Crippen LogP contribution in [0.15, 0.2) is 53.8 Å². The summed E-state index contributed by atoms with van der Waals surface area (Å²) in [6.45, 7) is 16.7. The third kappa shape index (κ3) is 10.6. The number of nitrogens with zero attached hydrogens (tertiary/aromatic N) is 6. The standard InChI is InChI=1S/C38H58N6O6SSi2/c1-47-18-19-50-38(37(45)46)16-14-29(15-17-38)33-34(51-2)36(42(27-48-20-22-52(3,4)5)28-49-21-23-53(6,7)8)44-35(41-33)32(25-40-44)30-24-39-43(26-30)31-12-10-9-11-13-31/h9-13,24-26,29H,14-23,27-28H2,1-8H3,(H,45,46). The first-order valence-electron chi connectivity index (χ1n) is 18.6. The number of anilines is 1. The molecule has 12 nitrogen and oxygen atoms in total. The zero-order valence-electron chi connectivity index (χ0n) is 32.8. The predicted molar refractivity (Wildman–Crippen MR) is 217 cm³/mol. The van der Waals surface area contributed by atoms with E-state index in [9.17, 15) is 9.90 Å². The van der Waals surface area contributed by atoms with Gasteiger partial charge >= 0.3 is 5.97 Å². The summed E-state index contributed by atoms with van der Waals surface area (Å²) in [4.78, 5) is 21.1. The molecule has 1 N–H and O–H groups in total. The number of ether oxygens (including phenoxy) is 4. The minimum atomic E-state index is -1.31. The van der Waals surface area contributed by atoms with Crippen LogP contribution in [-0.4, -0.2) is 110 Å². The van der Waals surface area contributed by atoms with Crippen molar-refractivity contribution in [3.63, 3.8) is 0 Å². The molecule has 15 heteroatoms. The first-order chi connectivity index (χ1) is 25.2. The number of benzene rings is 1. The average molecular weight is 783 g/mol. The Morgan fingerprint density at radius 2 is 1.58 bits per heavy atom. The van der Waals surface area contributed by atoms with E-state index in [1.165, 1.54) is 0 Å². The maximum atomic E-state index is 12.6. The monoisotopic (exact) mass is 782 g/mol. The highest BCUT2D eigenvalue weighted by molar-refractivity contribution is 7.98. The van der Waals surface area contributed by atoms with E-state index in [1.807, 2.05) is 58.1 Å². The second-order valence-electron chi connectivity index (χ2n) is 16.3. The molecule has 0 atom stereocenters. The lowest BCUT2D eigenvalue weighted by atomic mass is 9.77. The van der Waals surface area contributed by atoms with Crippen LogP contribution in [-0.2, 0) is 23.7 Å². The fourth-order valence-corrected chi connectivity index (χ4v) is 8.81. The summed E-state index contributed by atoms with van der Waals surface area (Å²) in [5.74, 6) is -0.0459. The van der Waals surface area contributed by atoms with Crippen molar-refractivity contribution in [2.24, 2.45) is 0 Å². The van der Waals surface area contributed by atoms with Gasteiger partial charge in [-0.25, -0.2) is 14.5 Å². The van der Waals surface area contributed by atoms with Gasteiger partial charge in [0.25, 0.3) is 0 Å². The molecule has 0 spiro atoms. The number of methoxy groups -OCH3 is 1. The normalized spacial score (nSPS) is 18.2. The third-order valence-electron chi connectivity index (χ3n) is 9.75. The molecule has 0 radical (unpaired) electrons. The van der Waals surface area contributed by atoms with E-state index in [0.717, 1.165) is 45.3 Å². The van der Waals surface area contributed by atoms with Crippen molar-refractivity contribution in [2.75, 3.05) is 58.2 Å². The SMILES string of the molecule is COCCOC1(C(=O)O)CCC(c2nc3c(-c4cnn(-c5ccccc5)c4)cnn3c(N(COCC[Si](C)(C)C)COCC[Si](C)(C)C)c2SC)CC1. The molecule has 0 saturated heterocycles. The van der Waals surface area contributed by atoms with Gasteiger partial charge in [0.15, 0.2) is 17.1 Å². The minimum absolute atomic E-state index is 0.0111. The smallest absolute Gasteiger partial charge is 0.335 e. The summed E-state index contributed by atoms with van der Waals surface area (Å²) in [5, 5.41) is 19.9. The van der Waals surface area contributed by atoms with Gasteiger partial charge in [0.05, 0.1) is 41.9 Å². The molecule has 53 heavy (non-hydrogen) atoms. The topological polar surface area (TPSA) is 125 Å². The molecule has 0 bridgehead atoms. The number of carboxylic acids is 1. The third-order valence-corrected chi connectivity index (χ3v) is 14.0. The highest BCUT2D eigenvalue weighted by Gasteiger charge is 2.44. The van der Waals surface area contributed by atoms with Gasteiger partial charge in [-0.2, -0.15) is 14.7 Å². The maximum Gasteiger partial charge on any atom is 0.335 e. The Balaban J connectivity index is 1.58. The van der Waals surface area contributed by atoms with Crippen LogP contribution < -0.4 is 4.90 Å². The quantitative estimate of drug-likeness (QED) is 0.0408. The number of aliphatic carboxylic acids is 1. The van der Waals surface area contributed by atoms with E-state index in [1.54, 1.807) is 18.9 Å². The van der Waals surface area contributed by atoms with Gasteiger partial charge in [0, 0.05) is 59.7 Å². The highest BCUT2D eigenvalue weighted by Crippen LogP contribution is 2.45. The Morgan fingerprint density at radius 3 is 2.15 bits per heavy atom. The predicted octanol–water partition coefficient (Wildman–Crippen LogP) is 7.88. The molecule has 0 aliphatic heterocycles. The van der Waals surface area contributed by atoms with E-state index in [4.69, 9.17) is 29.0 Å². The Morgan fingerprint density at radius 1 is 0.943 bits per heavy atom. The number of fused-ring (bicyclic) bond motifs is 1. The molecule has 0 amide bonds. The van der Waals surface area contributed by atoms with Gasteiger partial charge < -0.3 is 29.0 Å². The van der Waals surface area contributed by atoms with E-state index in [-0.39, 0.29) is 12.5 Å². The van der Waals surface area contributed by atoms with Crippen molar-refractivity contribution in [1.82, 2.24) is 24.4 Å². The molecule has 3 heterocycles. The number of aromatic nitrogens is 5. The Hall–Kier alpha value is -3.06. The fraction of sp³-hybridized carbons (Fsp3) is 0.579. The Labute approximate surface area is 320 Å². The van der Waals surface area contributed by atoms with Crippen molar-refractivity contribution in [3.8, 4) is 16.8 Å². The highest BCUT2D eigenvalue weighted by atomic mass is 32.2. The van der Waals surface area contributed by atoms with Crippen LogP contribution in [0.2, 0.25) is 51.4 Å². The van der Waals surface area contributed by atoms with Crippen LogP contribution in [0.5, 0.6) is 0 Å². The number of thioether (sulfide) groups is 1. The lowest BCUT2D eigenvalue weighted by molar-refractivity contribution is -0.173. The molecule has 3 aromatic heterocycles. The van der Waals surface area contributed by atoms with Crippen LogP contribution in [0.25, 0.3) is 22.5 Å². The van der Waals surface area contributed by atoms with Crippen LogP contribution in [0.3, 0.4) is 0 Å². The van der Waals surface area contributed by atoms with Crippen LogP contribution >= 0.6 is 11.8 Å². The number of hydrogen-bond donors (Lipinski definition) is 1. The van der Waals surface area contributed by atoms with Gasteiger partial charge in [-0.15, -0.1) is 11.8 Å². The van der Waals surface area contributed by atoms with Gasteiger partial charge in [-0.05, 0) is 56.2 Å². The fourth-order valence-electron chi connectivity index (χ4n) is 6.48. The molecule has 1 aliphatic carbocycles. The minimum Gasteiger partial charge on any atom is -0.479 e. The van der Waals surface area contributed by atoms with Crippen molar-refractivity contribution >= 4 is 45.3 Å². The molecule has 1 fully saturated rings. The van der Waals surface area contributed by atoms with Crippen molar-refractivity contribution < 1.29 is 28.8 Å². The molecule has 0 unspecified atom stereocenters. The number of carboxylic acid groups (broad SMARTS) is 1. The molecule has 5 rings (SSSR count). The number of rotatable bonds is 20. The Bertz CT molecular complexity index is 1760. The molecule has 290 valence electrons. The Kier molecular flexibility index (Phi) is 14.0. The summed E-state index contributed by atoms with van der Waals surface area (Å²) in [6.07, 6.45) is 9.78. The number of hydrogen-bond acceptors (Lipinski definition) is 10. The number of para-hydroxylation sites is 1. The zero-order chi connectivity index (χ0) is 38.2. The average Bonchev–Trinajstić information content (AvgIpc) is 3.78. The van der Waals surface area contributed by atoms with Crippen molar-refractivity contribution in [1.29, 1.82) is 0 Å². The summed E-state index contributed by atoms with van der Waals surface area (Å²) in [6, 6.07) is 12.1. The first-order valence-corrected chi connectivity index (χ1v) is 27.2. The van der Waals surface area contributed by atoms with Crippen LogP contribution in [0.1, 0.15) is 37.3 Å². The van der Waals surface area contributed by atoms with Gasteiger partial charge in [-0.1, -0.05) is 57.5 Å². The van der Waals surface area contributed by atoms with Gasteiger partial charge in [-0.3, -0.25) is 0 Å². The molecule has 1 aromatic carbocycles. The van der Waals surface area contributed by atoms with Crippen molar-refractivity contribution in [3.05, 3.63) is 54.6 Å². The summed E-state index contributed by atoms with van der Waals surface area (Å²) < 4.78 is 27.8. The van der Waals surface area contributed by atoms with Crippen LogP contribution in [0, 0.1) is 0 Å². The molecule has 1 saturated carbocycles. The second kappa shape index (κ2) is 18.1.